The van der Waals surface area contributed by atoms with Crippen LogP contribution in [0.25, 0.3) is 0 Å². The number of anilines is 2. The van der Waals surface area contributed by atoms with Gasteiger partial charge in [0.15, 0.2) is 0 Å². The summed E-state index contributed by atoms with van der Waals surface area (Å²) in [4.78, 5) is 12.0. The third-order valence-corrected chi connectivity index (χ3v) is 3.80. The maximum atomic E-state index is 12.0. The van der Waals surface area contributed by atoms with Crippen molar-refractivity contribution in [1.29, 1.82) is 0 Å². The number of carbonyl (C=O) groups is 1. The van der Waals surface area contributed by atoms with E-state index in [9.17, 15) is 4.79 Å². The number of hydrogen-bond acceptors (Lipinski definition) is 3. The summed E-state index contributed by atoms with van der Waals surface area (Å²) in [6.07, 6.45) is 0.320. The number of amides is 1. The summed E-state index contributed by atoms with van der Waals surface area (Å²) in [5, 5.41) is 6.97. The van der Waals surface area contributed by atoms with Crippen LogP contribution in [-0.2, 0) is 4.79 Å². The highest BCUT2D eigenvalue weighted by atomic mass is 35.5. The molecular weight excluding hydrogens is 335 g/mol. The minimum absolute atomic E-state index is 0.0929. The molecule has 2 rings (SSSR count). The lowest BCUT2D eigenvalue weighted by Gasteiger charge is -2.12. The van der Waals surface area contributed by atoms with E-state index in [1.54, 1.807) is 12.1 Å². The van der Waals surface area contributed by atoms with Crippen LogP contribution in [0.1, 0.15) is 13.3 Å². The Balaban J connectivity index is 1.84. The third kappa shape index (κ3) is 5.34. The van der Waals surface area contributed by atoms with Crippen LogP contribution in [0, 0.1) is 0 Å². The minimum Gasteiger partial charge on any atom is -0.492 e. The number of para-hydroxylation sites is 2. The minimum atomic E-state index is -0.0929. The van der Waals surface area contributed by atoms with E-state index in [0.29, 0.717) is 41.1 Å². The van der Waals surface area contributed by atoms with Gasteiger partial charge in [0.05, 0.1) is 22.3 Å². The molecule has 0 aliphatic rings. The van der Waals surface area contributed by atoms with Gasteiger partial charge in [-0.05, 0) is 37.3 Å². The van der Waals surface area contributed by atoms with E-state index >= 15 is 0 Å². The molecule has 0 fully saturated rings. The summed E-state index contributed by atoms with van der Waals surface area (Å²) < 4.78 is 5.48. The van der Waals surface area contributed by atoms with Crippen LogP contribution in [0.2, 0.25) is 10.0 Å². The molecule has 0 aliphatic carbocycles. The summed E-state index contributed by atoms with van der Waals surface area (Å²) in [7, 11) is 0. The molecule has 0 aromatic heterocycles. The van der Waals surface area contributed by atoms with Crippen molar-refractivity contribution in [3.05, 3.63) is 52.5 Å². The molecular formula is C17H18Cl2N2O2. The van der Waals surface area contributed by atoms with Gasteiger partial charge in [0.1, 0.15) is 5.75 Å². The van der Waals surface area contributed by atoms with E-state index < -0.39 is 0 Å². The number of hydrogen-bond donors (Lipinski definition) is 2. The highest BCUT2D eigenvalue weighted by Crippen LogP contribution is 2.25. The van der Waals surface area contributed by atoms with Gasteiger partial charge in [-0.25, -0.2) is 0 Å². The number of ether oxygens (including phenoxy) is 1. The molecule has 0 aliphatic heterocycles. The van der Waals surface area contributed by atoms with Crippen LogP contribution in [0.5, 0.6) is 5.75 Å². The highest BCUT2D eigenvalue weighted by Gasteiger charge is 2.07. The maximum absolute atomic E-state index is 12.0. The fourth-order valence-electron chi connectivity index (χ4n) is 1.99. The van der Waals surface area contributed by atoms with Gasteiger partial charge in [-0.1, -0.05) is 35.3 Å². The average Bonchev–Trinajstić information content (AvgIpc) is 2.53. The first-order valence-corrected chi connectivity index (χ1v) is 8.06. The van der Waals surface area contributed by atoms with Crippen molar-refractivity contribution in [2.24, 2.45) is 0 Å². The molecule has 6 heteroatoms. The Bertz CT molecular complexity index is 677. The van der Waals surface area contributed by atoms with Crippen LogP contribution >= 0.6 is 23.2 Å². The normalized spacial score (nSPS) is 10.2. The molecule has 23 heavy (non-hydrogen) atoms. The lowest BCUT2D eigenvalue weighted by Crippen LogP contribution is -2.16. The Morgan fingerprint density at radius 1 is 1.13 bits per heavy atom. The Morgan fingerprint density at radius 3 is 2.65 bits per heavy atom. The zero-order valence-corrected chi connectivity index (χ0v) is 14.2. The third-order valence-electron chi connectivity index (χ3n) is 3.06. The van der Waals surface area contributed by atoms with E-state index in [-0.39, 0.29) is 5.91 Å². The van der Waals surface area contributed by atoms with Crippen LogP contribution in [0.15, 0.2) is 42.5 Å². The number of halogens is 2. The number of nitrogens with one attached hydrogen (secondary N) is 2. The largest absolute Gasteiger partial charge is 0.492 e. The molecule has 0 radical (unpaired) electrons. The first-order valence-electron chi connectivity index (χ1n) is 7.30. The number of rotatable bonds is 7. The summed E-state index contributed by atoms with van der Waals surface area (Å²) in [5.74, 6) is 0.575. The monoisotopic (exact) mass is 352 g/mol. The van der Waals surface area contributed by atoms with Crippen LogP contribution in [0.4, 0.5) is 11.4 Å². The highest BCUT2D eigenvalue weighted by molar-refractivity contribution is 6.42. The molecule has 0 heterocycles. The van der Waals surface area contributed by atoms with E-state index in [1.807, 2.05) is 37.3 Å². The lowest BCUT2D eigenvalue weighted by molar-refractivity contribution is -0.116. The predicted octanol–water partition coefficient (Wildman–Crippen LogP) is 4.83. The molecule has 0 saturated heterocycles. The quantitative estimate of drug-likeness (QED) is 0.749. The van der Waals surface area contributed by atoms with E-state index in [4.69, 9.17) is 27.9 Å². The Labute approximate surface area is 145 Å². The van der Waals surface area contributed by atoms with E-state index in [1.165, 1.54) is 0 Å². The van der Waals surface area contributed by atoms with Crippen molar-refractivity contribution in [3.63, 3.8) is 0 Å². The van der Waals surface area contributed by atoms with E-state index in [2.05, 4.69) is 10.6 Å². The second-order valence-corrected chi connectivity index (χ2v) is 5.60. The lowest BCUT2D eigenvalue weighted by atomic mass is 10.2. The van der Waals surface area contributed by atoms with Crippen molar-refractivity contribution in [2.45, 2.75) is 13.3 Å². The summed E-state index contributed by atoms with van der Waals surface area (Å²) in [6.45, 7) is 2.94. The van der Waals surface area contributed by atoms with Crippen molar-refractivity contribution in [1.82, 2.24) is 0 Å². The molecule has 2 aromatic carbocycles. The van der Waals surface area contributed by atoms with Gasteiger partial charge in [0.2, 0.25) is 5.91 Å². The zero-order valence-electron chi connectivity index (χ0n) is 12.7. The summed E-state index contributed by atoms with van der Waals surface area (Å²) in [6, 6.07) is 12.6. The fraction of sp³-hybridized carbons (Fsp3) is 0.235. The number of benzene rings is 2. The average molecular weight is 353 g/mol. The Kier molecular flexibility index (Phi) is 6.56. The van der Waals surface area contributed by atoms with Crippen molar-refractivity contribution in [2.75, 3.05) is 23.8 Å². The molecule has 0 saturated carbocycles. The molecule has 0 spiro atoms. The van der Waals surface area contributed by atoms with Crippen LogP contribution in [0.3, 0.4) is 0 Å². The molecule has 1 amide bonds. The Morgan fingerprint density at radius 2 is 1.91 bits per heavy atom. The smallest absolute Gasteiger partial charge is 0.226 e. The second-order valence-electron chi connectivity index (χ2n) is 4.78. The van der Waals surface area contributed by atoms with Crippen molar-refractivity contribution >= 4 is 40.5 Å². The fourth-order valence-corrected chi connectivity index (χ4v) is 2.29. The van der Waals surface area contributed by atoms with E-state index in [0.717, 1.165) is 5.69 Å². The molecule has 2 aromatic rings. The van der Waals surface area contributed by atoms with Crippen LogP contribution in [-0.4, -0.2) is 19.1 Å². The van der Waals surface area contributed by atoms with Gasteiger partial charge in [0, 0.05) is 18.7 Å². The summed E-state index contributed by atoms with van der Waals surface area (Å²) in [5.41, 5.74) is 1.50. The topological polar surface area (TPSA) is 50.4 Å². The van der Waals surface area contributed by atoms with Gasteiger partial charge in [-0.15, -0.1) is 0 Å². The van der Waals surface area contributed by atoms with Gasteiger partial charge in [-0.2, -0.15) is 0 Å². The Hall–Kier alpha value is -1.91. The van der Waals surface area contributed by atoms with Gasteiger partial charge in [-0.3, -0.25) is 4.79 Å². The van der Waals surface area contributed by atoms with Gasteiger partial charge in [0.25, 0.3) is 0 Å². The van der Waals surface area contributed by atoms with Gasteiger partial charge < -0.3 is 15.4 Å². The molecule has 4 nitrogen and oxygen atoms in total. The van der Waals surface area contributed by atoms with Gasteiger partial charge >= 0.3 is 0 Å². The molecule has 0 bridgehead atoms. The predicted molar refractivity (Wildman–Crippen MR) is 95.8 cm³/mol. The van der Waals surface area contributed by atoms with Crippen molar-refractivity contribution < 1.29 is 9.53 Å². The SMILES string of the molecule is CCOc1ccccc1NC(=O)CCNc1ccc(Cl)c(Cl)c1. The maximum Gasteiger partial charge on any atom is 0.226 e. The standard InChI is InChI=1S/C17H18Cl2N2O2/c1-2-23-16-6-4-3-5-15(16)21-17(22)9-10-20-12-7-8-13(18)14(19)11-12/h3-8,11,20H,2,9-10H2,1H3,(H,21,22). The molecule has 2 N–H and O–H groups in total. The van der Waals surface area contributed by atoms with Crippen LogP contribution < -0.4 is 15.4 Å². The first-order chi connectivity index (χ1) is 11.1. The molecule has 0 unspecified atom stereocenters. The number of carbonyl (C=O) groups excluding carboxylic acids is 1. The summed E-state index contributed by atoms with van der Waals surface area (Å²) >= 11 is 11.8. The second kappa shape index (κ2) is 8.65. The molecule has 122 valence electrons. The van der Waals surface area contributed by atoms with Crippen molar-refractivity contribution in [3.8, 4) is 5.75 Å². The first kappa shape index (κ1) is 17.4. The molecule has 0 atom stereocenters. The zero-order chi connectivity index (χ0) is 16.7.